The first kappa shape index (κ1) is 12.8. The lowest BCUT2D eigenvalue weighted by Crippen LogP contribution is -2.13. The Hall–Kier alpha value is -1.61. The maximum Gasteiger partial charge on any atom is 0.212 e. The molecule has 2 rings (SSSR count). The molecule has 0 saturated carbocycles. The molecule has 0 fully saturated rings. The van der Waals surface area contributed by atoms with Crippen LogP contribution < -0.4 is 0 Å². The van der Waals surface area contributed by atoms with Crippen molar-refractivity contribution in [1.82, 2.24) is 9.78 Å². The molecule has 0 aliphatic heterocycles. The molecule has 0 unspecified atom stereocenters. The van der Waals surface area contributed by atoms with Crippen molar-refractivity contribution in [1.29, 1.82) is 0 Å². The van der Waals surface area contributed by atoms with Crippen molar-refractivity contribution in [2.24, 2.45) is 0 Å². The maximum absolute atomic E-state index is 12.4. The maximum atomic E-state index is 12.4. The fourth-order valence-corrected chi connectivity index (χ4v) is 2.00. The molecule has 94 valence electrons. The highest BCUT2D eigenvalue weighted by atomic mass is 35.5. The fourth-order valence-electron chi connectivity index (χ4n) is 1.79. The van der Waals surface area contributed by atoms with Gasteiger partial charge in [0, 0.05) is 11.6 Å². The van der Waals surface area contributed by atoms with E-state index in [0.717, 1.165) is 5.56 Å². The van der Waals surface area contributed by atoms with Gasteiger partial charge in [0.15, 0.2) is 0 Å². The summed E-state index contributed by atoms with van der Waals surface area (Å²) in [5.74, 6) is -0.0915. The molecule has 0 saturated heterocycles. The van der Waals surface area contributed by atoms with E-state index in [2.05, 4.69) is 5.10 Å². The van der Waals surface area contributed by atoms with Gasteiger partial charge >= 0.3 is 0 Å². The van der Waals surface area contributed by atoms with Crippen LogP contribution in [0.1, 0.15) is 41.5 Å². The van der Waals surface area contributed by atoms with E-state index in [1.807, 2.05) is 45.0 Å². The van der Waals surface area contributed by atoms with E-state index in [1.165, 1.54) is 6.20 Å². The van der Waals surface area contributed by atoms with Crippen molar-refractivity contribution in [2.75, 3.05) is 0 Å². The molecular formula is C14H15ClN2O. The molecule has 0 atom stereocenters. The first-order chi connectivity index (χ1) is 8.50. The summed E-state index contributed by atoms with van der Waals surface area (Å²) in [7, 11) is 0. The van der Waals surface area contributed by atoms with Crippen molar-refractivity contribution in [3.8, 4) is 0 Å². The minimum absolute atomic E-state index is 0.0915. The van der Waals surface area contributed by atoms with Gasteiger partial charge in [-0.15, -0.1) is 0 Å². The molecule has 0 N–H and O–H groups in total. The average Bonchev–Trinajstić information content (AvgIpc) is 2.71. The Kier molecular flexibility index (Phi) is 3.53. The van der Waals surface area contributed by atoms with Crippen LogP contribution in [0, 0.1) is 6.92 Å². The SMILES string of the molecule is Cc1ccc(C(=O)c2c(Cl)cnn2C(C)C)cc1. The van der Waals surface area contributed by atoms with E-state index in [-0.39, 0.29) is 11.8 Å². The number of halogens is 1. The van der Waals surface area contributed by atoms with Gasteiger partial charge in [0.2, 0.25) is 5.78 Å². The third-order valence-electron chi connectivity index (χ3n) is 2.77. The summed E-state index contributed by atoms with van der Waals surface area (Å²) in [5.41, 5.74) is 2.20. The third-order valence-corrected chi connectivity index (χ3v) is 3.05. The summed E-state index contributed by atoms with van der Waals surface area (Å²) in [6.07, 6.45) is 1.52. The number of benzene rings is 1. The van der Waals surface area contributed by atoms with Crippen molar-refractivity contribution in [2.45, 2.75) is 26.8 Å². The predicted octanol–water partition coefficient (Wildman–Crippen LogP) is 3.66. The standard InChI is InChI=1S/C14H15ClN2O/c1-9(2)17-13(12(15)8-16-17)14(18)11-6-4-10(3)5-7-11/h4-9H,1-3H3. The lowest BCUT2D eigenvalue weighted by atomic mass is 10.1. The molecule has 2 aromatic rings. The van der Waals surface area contributed by atoms with Crippen LogP contribution in [0.2, 0.25) is 5.02 Å². The van der Waals surface area contributed by atoms with Crippen molar-refractivity contribution in [3.05, 3.63) is 52.3 Å². The Morgan fingerprint density at radius 2 is 1.89 bits per heavy atom. The monoisotopic (exact) mass is 262 g/mol. The second-order valence-corrected chi connectivity index (χ2v) is 4.98. The van der Waals surface area contributed by atoms with Gasteiger partial charge in [0.05, 0.1) is 11.2 Å². The second-order valence-electron chi connectivity index (χ2n) is 4.57. The normalized spacial score (nSPS) is 10.9. The van der Waals surface area contributed by atoms with Crippen LogP contribution in [0.4, 0.5) is 0 Å². The Balaban J connectivity index is 2.45. The van der Waals surface area contributed by atoms with Gasteiger partial charge in [-0.3, -0.25) is 9.48 Å². The molecule has 0 radical (unpaired) electrons. The number of carbonyl (C=O) groups is 1. The number of aromatic nitrogens is 2. The summed E-state index contributed by atoms with van der Waals surface area (Å²) >= 11 is 6.06. The van der Waals surface area contributed by atoms with Crippen LogP contribution in [0.15, 0.2) is 30.5 Å². The molecule has 0 aliphatic carbocycles. The lowest BCUT2D eigenvalue weighted by molar-refractivity contribution is 0.102. The minimum atomic E-state index is -0.0915. The summed E-state index contributed by atoms with van der Waals surface area (Å²) in [5, 5.41) is 4.54. The Morgan fingerprint density at radius 1 is 1.28 bits per heavy atom. The van der Waals surface area contributed by atoms with Gasteiger partial charge in [-0.05, 0) is 20.8 Å². The highest BCUT2D eigenvalue weighted by Gasteiger charge is 2.20. The van der Waals surface area contributed by atoms with E-state index in [9.17, 15) is 4.79 Å². The van der Waals surface area contributed by atoms with Crippen LogP contribution >= 0.6 is 11.6 Å². The number of ketones is 1. The fraction of sp³-hybridized carbons (Fsp3) is 0.286. The van der Waals surface area contributed by atoms with Gasteiger partial charge in [0.25, 0.3) is 0 Å². The van der Waals surface area contributed by atoms with Gasteiger partial charge in [-0.2, -0.15) is 5.10 Å². The molecule has 1 aromatic carbocycles. The number of nitrogens with zero attached hydrogens (tertiary/aromatic N) is 2. The molecule has 0 aliphatic rings. The van der Waals surface area contributed by atoms with Crippen LogP contribution in [0.25, 0.3) is 0 Å². The Morgan fingerprint density at radius 3 is 2.44 bits per heavy atom. The summed E-state index contributed by atoms with van der Waals surface area (Å²) in [6, 6.07) is 7.55. The highest BCUT2D eigenvalue weighted by molar-refractivity contribution is 6.34. The van der Waals surface area contributed by atoms with Gasteiger partial charge in [0.1, 0.15) is 5.69 Å². The molecule has 0 amide bonds. The molecule has 4 heteroatoms. The van der Waals surface area contributed by atoms with E-state index in [0.29, 0.717) is 16.3 Å². The van der Waals surface area contributed by atoms with Gasteiger partial charge in [-0.25, -0.2) is 0 Å². The van der Waals surface area contributed by atoms with Crippen LogP contribution in [-0.4, -0.2) is 15.6 Å². The quantitative estimate of drug-likeness (QED) is 0.792. The molecule has 18 heavy (non-hydrogen) atoms. The van der Waals surface area contributed by atoms with Crippen molar-refractivity contribution >= 4 is 17.4 Å². The predicted molar refractivity (Wildman–Crippen MR) is 72.2 cm³/mol. The minimum Gasteiger partial charge on any atom is -0.287 e. The molecular weight excluding hydrogens is 248 g/mol. The third kappa shape index (κ3) is 2.31. The molecule has 3 nitrogen and oxygen atoms in total. The molecule has 0 bridgehead atoms. The van der Waals surface area contributed by atoms with Crippen molar-refractivity contribution in [3.63, 3.8) is 0 Å². The topological polar surface area (TPSA) is 34.9 Å². The Labute approximate surface area is 111 Å². The van der Waals surface area contributed by atoms with Crippen LogP contribution in [0.5, 0.6) is 0 Å². The number of aryl methyl sites for hydroxylation is 1. The van der Waals surface area contributed by atoms with Gasteiger partial charge in [-0.1, -0.05) is 41.4 Å². The largest absolute Gasteiger partial charge is 0.287 e. The van der Waals surface area contributed by atoms with Gasteiger partial charge < -0.3 is 0 Å². The molecule has 1 heterocycles. The lowest BCUT2D eigenvalue weighted by Gasteiger charge is -2.10. The number of rotatable bonds is 3. The molecule has 0 spiro atoms. The first-order valence-electron chi connectivity index (χ1n) is 5.85. The number of hydrogen-bond donors (Lipinski definition) is 0. The van der Waals surface area contributed by atoms with E-state index >= 15 is 0 Å². The van der Waals surface area contributed by atoms with E-state index in [1.54, 1.807) is 4.68 Å². The molecule has 1 aromatic heterocycles. The van der Waals surface area contributed by atoms with Crippen molar-refractivity contribution < 1.29 is 4.79 Å². The van der Waals surface area contributed by atoms with E-state index < -0.39 is 0 Å². The zero-order chi connectivity index (χ0) is 13.3. The van der Waals surface area contributed by atoms with Crippen LogP contribution in [-0.2, 0) is 0 Å². The second kappa shape index (κ2) is 4.94. The summed E-state index contributed by atoms with van der Waals surface area (Å²) in [6.45, 7) is 5.92. The highest BCUT2D eigenvalue weighted by Crippen LogP contribution is 2.22. The number of carbonyl (C=O) groups excluding carboxylic acids is 1. The van der Waals surface area contributed by atoms with Crippen LogP contribution in [0.3, 0.4) is 0 Å². The Bertz CT molecular complexity index is 570. The zero-order valence-corrected chi connectivity index (χ0v) is 11.4. The summed E-state index contributed by atoms with van der Waals surface area (Å²) in [4.78, 5) is 12.4. The first-order valence-corrected chi connectivity index (χ1v) is 6.23. The smallest absolute Gasteiger partial charge is 0.212 e. The van der Waals surface area contributed by atoms with E-state index in [4.69, 9.17) is 11.6 Å². The number of hydrogen-bond acceptors (Lipinski definition) is 2. The average molecular weight is 263 g/mol. The zero-order valence-electron chi connectivity index (χ0n) is 10.6. The summed E-state index contributed by atoms with van der Waals surface area (Å²) < 4.78 is 1.66.